The molecule has 0 aliphatic rings. The predicted octanol–water partition coefficient (Wildman–Crippen LogP) is 3.56. The van der Waals surface area contributed by atoms with Crippen LogP contribution in [-0.2, 0) is 24.2 Å². The summed E-state index contributed by atoms with van der Waals surface area (Å²) in [6.45, 7) is 3.24. The fourth-order valence-electron chi connectivity index (χ4n) is 2.70. The van der Waals surface area contributed by atoms with Crippen molar-refractivity contribution in [2.24, 2.45) is 0 Å². The third-order valence-electron chi connectivity index (χ3n) is 4.08. The van der Waals surface area contributed by atoms with Gasteiger partial charge in [0.25, 0.3) is 0 Å². The molecule has 0 atom stereocenters. The van der Waals surface area contributed by atoms with Crippen molar-refractivity contribution in [1.82, 2.24) is 25.1 Å². The van der Waals surface area contributed by atoms with Crippen molar-refractivity contribution in [3.63, 3.8) is 0 Å². The average molecular weight is 406 g/mol. The van der Waals surface area contributed by atoms with Crippen LogP contribution in [0.3, 0.4) is 0 Å². The summed E-state index contributed by atoms with van der Waals surface area (Å²) in [5, 5.41) is 10.4. The van der Waals surface area contributed by atoms with Crippen molar-refractivity contribution in [3.05, 3.63) is 52.0 Å². The Morgan fingerprint density at radius 2 is 2.19 bits per heavy atom. The number of rotatable bonds is 8. The van der Waals surface area contributed by atoms with Gasteiger partial charge in [-0.2, -0.15) is 5.10 Å². The van der Waals surface area contributed by atoms with E-state index in [-0.39, 0.29) is 5.91 Å². The minimum Gasteiger partial charge on any atom is -0.441 e. The Labute approximate surface area is 166 Å². The molecule has 2 aromatic heterocycles. The number of amides is 1. The van der Waals surface area contributed by atoms with Crippen molar-refractivity contribution >= 4 is 29.7 Å². The Morgan fingerprint density at radius 1 is 1.37 bits per heavy atom. The second-order valence-electron chi connectivity index (χ2n) is 5.89. The van der Waals surface area contributed by atoms with Gasteiger partial charge in [0.05, 0.1) is 11.2 Å². The Balaban J connectivity index is 1.47. The topological polar surface area (TPSA) is 88.7 Å². The number of carbonyl (C=O) groups excluding carboxylic acids is 1. The molecule has 2 N–H and O–H groups in total. The van der Waals surface area contributed by atoms with Gasteiger partial charge in [-0.25, -0.2) is 4.98 Å². The first-order chi connectivity index (χ1) is 13.1. The van der Waals surface area contributed by atoms with Gasteiger partial charge in [0.15, 0.2) is 16.4 Å². The summed E-state index contributed by atoms with van der Waals surface area (Å²) in [6.07, 6.45) is 2.96. The van der Waals surface area contributed by atoms with Crippen LogP contribution in [0.4, 0.5) is 0 Å². The Bertz CT molecular complexity index is 978. The molecule has 0 spiro atoms. The first-order valence-electron chi connectivity index (χ1n) is 8.69. The minimum atomic E-state index is -0.0651. The quantitative estimate of drug-likeness (QED) is 0.559. The lowest BCUT2D eigenvalue weighted by atomic mass is 10.2. The molecule has 3 aromatic rings. The molecule has 0 saturated carbocycles. The summed E-state index contributed by atoms with van der Waals surface area (Å²) in [5.74, 6) is 1.87. The zero-order valence-corrected chi connectivity index (χ0v) is 16.4. The number of aromatic nitrogens is 4. The largest absolute Gasteiger partial charge is 0.441 e. The fraction of sp³-hybridized carbons (Fsp3) is 0.333. The van der Waals surface area contributed by atoms with E-state index in [2.05, 4.69) is 20.5 Å². The molecule has 9 heteroatoms. The second kappa shape index (κ2) is 8.96. The first-order valence-corrected chi connectivity index (χ1v) is 9.47. The molecule has 1 amide bonds. The van der Waals surface area contributed by atoms with Gasteiger partial charge in [-0.15, -0.1) is 0 Å². The maximum atomic E-state index is 12.0. The normalized spacial score (nSPS) is 10.9. The van der Waals surface area contributed by atoms with E-state index in [4.69, 9.17) is 28.2 Å². The molecule has 0 fully saturated rings. The lowest BCUT2D eigenvalue weighted by molar-refractivity contribution is -0.121. The molecular weight excluding hydrogens is 386 g/mol. The van der Waals surface area contributed by atoms with Gasteiger partial charge in [-0.1, -0.05) is 23.7 Å². The van der Waals surface area contributed by atoms with Gasteiger partial charge >= 0.3 is 0 Å². The highest BCUT2D eigenvalue weighted by atomic mass is 35.5. The van der Waals surface area contributed by atoms with E-state index in [9.17, 15) is 4.79 Å². The maximum absolute atomic E-state index is 12.0. The minimum absolute atomic E-state index is 0.0651. The Kier molecular flexibility index (Phi) is 6.41. The van der Waals surface area contributed by atoms with Crippen molar-refractivity contribution in [3.8, 4) is 11.3 Å². The van der Waals surface area contributed by atoms with E-state index in [0.717, 1.165) is 17.9 Å². The van der Waals surface area contributed by atoms with Crippen LogP contribution in [0, 0.1) is 4.77 Å². The number of nitrogens with zero attached hydrogens (tertiary/aromatic N) is 3. The van der Waals surface area contributed by atoms with Crippen LogP contribution in [0.2, 0.25) is 5.02 Å². The van der Waals surface area contributed by atoms with E-state index in [1.807, 2.05) is 29.7 Å². The van der Waals surface area contributed by atoms with Gasteiger partial charge in [0, 0.05) is 37.9 Å². The molecule has 7 nitrogen and oxygen atoms in total. The molecular formula is C18H20ClN5O2S. The maximum Gasteiger partial charge on any atom is 0.220 e. The number of hydrogen-bond acceptors (Lipinski definition) is 5. The first kappa shape index (κ1) is 19.3. The second-order valence-corrected chi connectivity index (χ2v) is 6.68. The van der Waals surface area contributed by atoms with Gasteiger partial charge < -0.3 is 14.3 Å². The summed E-state index contributed by atoms with van der Waals surface area (Å²) in [7, 11) is 0. The number of carbonyl (C=O) groups is 1. The van der Waals surface area contributed by atoms with Gasteiger partial charge in [-0.05, 0) is 31.3 Å². The molecule has 0 unspecified atom stereocenters. The van der Waals surface area contributed by atoms with E-state index in [0.29, 0.717) is 47.3 Å². The van der Waals surface area contributed by atoms with E-state index in [1.54, 1.807) is 12.3 Å². The monoisotopic (exact) mass is 405 g/mol. The number of oxazole rings is 1. The van der Waals surface area contributed by atoms with Crippen molar-refractivity contribution in [2.75, 3.05) is 6.54 Å². The molecule has 0 radical (unpaired) electrons. The summed E-state index contributed by atoms with van der Waals surface area (Å²) >= 11 is 11.3. The molecule has 0 saturated heterocycles. The molecule has 0 bridgehead atoms. The molecule has 1 aromatic carbocycles. The molecule has 3 rings (SSSR count). The van der Waals surface area contributed by atoms with Crippen molar-refractivity contribution in [2.45, 2.75) is 32.7 Å². The third-order valence-corrected chi connectivity index (χ3v) is 4.72. The number of aryl methyl sites for hydroxylation is 1. The van der Waals surface area contributed by atoms with Crippen LogP contribution in [0.1, 0.15) is 25.1 Å². The summed E-state index contributed by atoms with van der Waals surface area (Å²) in [6, 6.07) is 7.40. The smallest absolute Gasteiger partial charge is 0.220 e. The van der Waals surface area contributed by atoms with Crippen molar-refractivity contribution in [1.29, 1.82) is 0 Å². The standard InChI is InChI=1S/C18H20ClN5O2S/c1-2-24-15(22-23-18(24)27)9-10-20-16(25)7-8-17-21-11-14(26-17)12-5-3-4-6-13(12)19/h3-6,11H,2,7-10H2,1H3,(H,20,25)(H,23,27). The highest BCUT2D eigenvalue weighted by Gasteiger charge is 2.11. The molecule has 2 heterocycles. The number of hydrogen-bond donors (Lipinski definition) is 2. The highest BCUT2D eigenvalue weighted by molar-refractivity contribution is 7.71. The zero-order chi connectivity index (χ0) is 19.2. The molecule has 0 aliphatic heterocycles. The summed E-state index contributed by atoms with van der Waals surface area (Å²) in [4.78, 5) is 16.3. The SMILES string of the molecule is CCn1c(CCNC(=O)CCc2ncc(-c3ccccc3Cl)o2)n[nH]c1=S. The molecule has 142 valence electrons. The van der Waals surface area contributed by atoms with Crippen LogP contribution in [0.25, 0.3) is 11.3 Å². The zero-order valence-electron chi connectivity index (χ0n) is 14.9. The van der Waals surface area contributed by atoms with Crippen LogP contribution in [-0.4, -0.2) is 32.2 Å². The van der Waals surface area contributed by atoms with Gasteiger partial charge in [-0.3, -0.25) is 9.89 Å². The summed E-state index contributed by atoms with van der Waals surface area (Å²) in [5.41, 5.74) is 0.784. The van der Waals surface area contributed by atoms with Crippen LogP contribution in [0.5, 0.6) is 0 Å². The van der Waals surface area contributed by atoms with Crippen LogP contribution < -0.4 is 5.32 Å². The predicted molar refractivity (Wildman–Crippen MR) is 105 cm³/mol. The van der Waals surface area contributed by atoms with E-state index >= 15 is 0 Å². The number of halogens is 1. The van der Waals surface area contributed by atoms with Gasteiger partial charge in [0.1, 0.15) is 5.82 Å². The number of aromatic amines is 1. The summed E-state index contributed by atoms with van der Waals surface area (Å²) < 4.78 is 8.20. The number of benzene rings is 1. The number of H-pyrrole nitrogens is 1. The molecule has 27 heavy (non-hydrogen) atoms. The lowest BCUT2D eigenvalue weighted by Gasteiger charge is -2.05. The highest BCUT2D eigenvalue weighted by Crippen LogP contribution is 2.28. The Morgan fingerprint density at radius 3 is 2.96 bits per heavy atom. The number of nitrogens with one attached hydrogen (secondary N) is 2. The third kappa shape index (κ3) is 4.84. The van der Waals surface area contributed by atoms with E-state index in [1.165, 1.54) is 0 Å². The van der Waals surface area contributed by atoms with Gasteiger partial charge in [0.2, 0.25) is 5.91 Å². The van der Waals surface area contributed by atoms with Crippen LogP contribution >= 0.6 is 23.8 Å². The molecule has 0 aliphatic carbocycles. The van der Waals surface area contributed by atoms with E-state index < -0.39 is 0 Å². The Hall–Kier alpha value is -2.45. The van der Waals surface area contributed by atoms with Crippen LogP contribution in [0.15, 0.2) is 34.9 Å². The van der Waals surface area contributed by atoms with Crippen molar-refractivity contribution < 1.29 is 9.21 Å². The fourth-order valence-corrected chi connectivity index (χ4v) is 3.21. The average Bonchev–Trinajstić information content (AvgIpc) is 3.27. The lowest BCUT2D eigenvalue weighted by Crippen LogP contribution is -2.26.